The Bertz CT molecular complexity index is 386. The van der Waals surface area contributed by atoms with Crippen molar-refractivity contribution < 1.29 is 14.8 Å². The highest BCUT2D eigenvalue weighted by Crippen LogP contribution is 2.24. The van der Waals surface area contributed by atoms with Crippen molar-refractivity contribution in [2.45, 2.75) is 13.3 Å². The molecular weight excluding hydrogens is 186 g/mol. The molecule has 0 heterocycles. The van der Waals surface area contributed by atoms with Crippen LogP contribution in [0.1, 0.15) is 22.8 Å². The van der Waals surface area contributed by atoms with Crippen molar-refractivity contribution in [1.29, 1.82) is 0 Å². The Morgan fingerprint density at radius 1 is 1.57 bits per heavy atom. The third kappa shape index (κ3) is 1.71. The van der Waals surface area contributed by atoms with E-state index in [2.05, 4.69) is 0 Å². The molecule has 0 fully saturated rings. The van der Waals surface area contributed by atoms with Gasteiger partial charge in [-0.05, 0) is 12.5 Å². The first-order valence-corrected chi connectivity index (χ1v) is 4.07. The summed E-state index contributed by atoms with van der Waals surface area (Å²) in [6, 6.07) is 4.31. The monoisotopic (exact) mass is 195 g/mol. The van der Waals surface area contributed by atoms with Gasteiger partial charge in [0, 0.05) is 5.56 Å². The summed E-state index contributed by atoms with van der Waals surface area (Å²) in [6.07, 6.45) is 0.442. The number of nitro groups is 1. The molecule has 1 N–H and O–H groups in total. The van der Waals surface area contributed by atoms with Crippen LogP contribution in [-0.4, -0.2) is 16.0 Å². The fourth-order valence-electron chi connectivity index (χ4n) is 1.26. The molecule has 0 unspecified atom stereocenters. The summed E-state index contributed by atoms with van der Waals surface area (Å²) in [7, 11) is 0. The smallest absolute Gasteiger partial charge is 0.342 e. The first-order chi connectivity index (χ1) is 6.57. The number of nitrogens with zero attached hydrogens (tertiary/aromatic N) is 1. The predicted molar refractivity (Wildman–Crippen MR) is 49.4 cm³/mol. The predicted octanol–water partition coefficient (Wildman–Crippen LogP) is 1.86. The van der Waals surface area contributed by atoms with Gasteiger partial charge < -0.3 is 5.11 Å². The molecule has 0 aromatic heterocycles. The van der Waals surface area contributed by atoms with Crippen molar-refractivity contribution in [2.75, 3.05) is 0 Å². The van der Waals surface area contributed by atoms with Gasteiger partial charge in [-0.1, -0.05) is 19.1 Å². The normalized spacial score (nSPS) is 9.79. The van der Waals surface area contributed by atoms with Crippen LogP contribution >= 0.6 is 0 Å². The fraction of sp³-hybridized carbons (Fsp3) is 0.222. The second-order valence-corrected chi connectivity index (χ2v) is 2.73. The van der Waals surface area contributed by atoms with E-state index in [0.29, 0.717) is 12.0 Å². The van der Waals surface area contributed by atoms with Gasteiger partial charge in [0.25, 0.3) is 5.69 Å². The molecule has 5 nitrogen and oxygen atoms in total. The molecule has 0 saturated carbocycles. The number of aryl methyl sites for hydroxylation is 1. The van der Waals surface area contributed by atoms with Crippen LogP contribution in [-0.2, 0) is 6.42 Å². The van der Waals surface area contributed by atoms with Gasteiger partial charge in [-0.3, -0.25) is 10.1 Å². The van der Waals surface area contributed by atoms with E-state index < -0.39 is 10.9 Å². The van der Waals surface area contributed by atoms with Crippen molar-refractivity contribution in [1.82, 2.24) is 0 Å². The minimum atomic E-state index is -1.27. The SMILES string of the molecule is CCc1cccc(C(=O)O)c1[N+](=O)[O-]. The van der Waals surface area contributed by atoms with Crippen molar-refractivity contribution in [2.24, 2.45) is 0 Å². The zero-order valence-corrected chi connectivity index (χ0v) is 7.56. The van der Waals surface area contributed by atoms with Gasteiger partial charge in [-0.15, -0.1) is 0 Å². The second-order valence-electron chi connectivity index (χ2n) is 2.73. The second kappa shape index (κ2) is 3.87. The molecule has 5 heteroatoms. The summed E-state index contributed by atoms with van der Waals surface area (Å²) >= 11 is 0. The average molecular weight is 195 g/mol. The summed E-state index contributed by atoms with van der Waals surface area (Å²) < 4.78 is 0. The van der Waals surface area contributed by atoms with Crippen LogP contribution in [0.25, 0.3) is 0 Å². The Labute approximate surface area is 80.1 Å². The first-order valence-electron chi connectivity index (χ1n) is 4.07. The fourth-order valence-corrected chi connectivity index (χ4v) is 1.26. The number of aromatic carboxylic acids is 1. The number of carboxylic acids is 1. The Hall–Kier alpha value is -1.91. The van der Waals surface area contributed by atoms with E-state index in [9.17, 15) is 14.9 Å². The van der Waals surface area contributed by atoms with Crippen LogP contribution in [0.4, 0.5) is 5.69 Å². The highest BCUT2D eigenvalue weighted by molar-refractivity contribution is 5.93. The van der Waals surface area contributed by atoms with Crippen LogP contribution in [0.15, 0.2) is 18.2 Å². The Morgan fingerprint density at radius 3 is 2.64 bits per heavy atom. The largest absolute Gasteiger partial charge is 0.477 e. The maximum absolute atomic E-state index is 10.7. The van der Waals surface area contributed by atoms with Crippen LogP contribution in [0.3, 0.4) is 0 Å². The number of hydrogen-bond acceptors (Lipinski definition) is 3. The number of nitro benzene ring substituents is 1. The number of carboxylic acid groups (broad SMARTS) is 1. The zero-order valence-electron chi connectivity index (χ0n) is 7.56. The minimum Gasteiger partial charge on any atom is -0.477 e. The van der Waals surface area contributed by atoms with Crippen molar-refractivity contribution in [3.63, 3.8) is 0 Å². The zero-order chi connectivity index (χ0) is 10.7. The van der Waals surface area contributed by atoms with E-state index in [-0.39, 0.29) is 11.3 Å². The molecule has 0 atom stereocenters. The lowest BCUT2D eigenvalue weighted by atomic mass is 10.1. The lowest BCUT2D eigenvalue weighted by Gasteiger charge is -2.02. The van der Waals surface area contributed by atoms with Crippen molar-refractivity contribution in [3.8, 4) is 0 Å². The van der Waals surface area contributed by atoms with Gasteiger partial charge in [-0.2, -0.15) is 0 Å². The molecule has 14 heavy (non-hydrogen) atoms. The number of rotatable bonds is 3. The van der Waals surface area contributed by atoms with E-state index in [4.69, 9.17) is 5.11 Å². The van der Waals surface area contributed by atoms with E-state index in [1.54, 1.807) is 13.0 Å². The molecule has 0 aliphatic carbocycles. The van der Waals surface area contributed by atoms with Gasteiger partial charge >= 0.3 is 5.97 Å². The highest BCUT2D eigenvalue weighted by atomic mass is 16.6. The van der Waals surface area contributed by atoms with Gasteiger partial charge in [0.2, 0.25) is 0 Å². The molecule has 1 aromatic rings. The van der Waals surface area contributed by atoms with Crippen LogP contribution in [0, 0.1) is 10.1 Å². The standard InChI is InChI=1S/C9H9NO4/c1-2-6-4-3-5-7(9(11)12)8(6)10(13)14/h3-5H,2H2,1H3,(H,11,12). The quantitative estimate of drug-likeness (QED) is 0.589. The summed E-state index contributed by atoms with van der Waals surface area (Å²) in [5.41, 5.74) is -0.119. The molecule has 0 aliphatic heterocycles. The van der Waals surface area contributed by atoms with Crippen LogP contribution < -0.4 is 0 Å². The molecular formula is C9H9NO4. The summed E-state index contributed by atoms with van der Waals surface area (Å²) in [5, 5.41) is 19.4. The number of para-hydroxylation sites is 1. The number of carbonyl (C=O) groups is 1. The lowest BCUT2D eigenvalue weighted by Crippen LogP contribution is -2.05. The third-order valence-electron chi connectivity index (χ3n) is 1.91. The molecule has 0 amide bonds. The lowest BCUT2D eigenvalue weighted by molar-refractivity contribution is -0.385. The molecule has 0 bridgehead atoms. The minimum absolute atomic E-state index is 0.255. The summed E-state index contributed by atoms with van der Waals surface area (Å²) in [6.45, 7) is 1.74. The molecule has 0 aliphatic rings. The van der Waals surface area contributed by atoms with E-state index >= 15 is 0 Å². The van der Waals surface area contributed by atoms with Gasteiger partial charge in [-0.25, -0.2) is 4.79 Å². The Morgan fingerprint density at radius 2 is 2.21 bits per heavy atom. The summed E-state index contributed by atoms with van der Waals surface area (Å²) in [4.78, 5) is 20.7. The van der Waals surface area contributed by atoms with Crippen LogP contribution in [0.5, 0.6) is 0 Å². The number of benzene rings is 1. The maximum Gasteiger partial charge on any atom is 0.342 e. The van der Waals surface area contributed by atoms with Gasteiger partial charge in [0.05, 0.1) is 4.92 Å². The van der Waals surface area contributed by atoms with Gasteiger partial charge in [0.1, 0.15) is 5.56 Å². The van der Waals surface area contributed by atoms with Crippen LogP contribution in [0.2, 0.25) is 0 Å². The average Bonchev–Trinajstić information content (AvgIpc) is 2.16. The maximum atomic E-state index is 10.7. The first kappa shape index (κ1) is 10.2. The van der Waals surface area contributed by atoms with E-state index in [0.717, 1.165) is 0 Å². The highest BCUT2D eigenvalue weighted by Gasteiger charge is 2.22. The molecule has 1 rings (SSSR count). The topological polar surface area (TPSA) is 80.4 Å². The third-order valence-corrected chi connectivity index (χ3v) is 1.91. The summed E-state index contributed by atoms with van der Waals surface area (Å²) in [5.74, 6) is -1.27. The van der Waals surface area contributed by atoms with Crippen molar-refractivity contribution in [3.05, 3.63) is 39.4 Å². The molecule has 0 saturated heterocycles. The van der Waals surface area contributed by atoms with Gasteiger partial charge in [0.15, 0.2) is 0 Å². The van der Waals surface area contributed by atoms with E-state index in [1.165, 1.54) is 12.1 Å². The van der Waals surface area contributed by atoms with Crippen molar-refractivity contribution >= 4 is 11.7 Å². The molecule has 0 radical (unpaired) electrons. The number of hydrogen-bond donors (Lipinski definition) is 1. The molecule has 74 valence electrons. The Balaban J connectivity index is 3.43. The molecule has 0 spiro atoms. The van der Waals surface area contributed by atoms with E-state index in [1.807, 2.05) is 0 Å². The molecule has 1 aromatic carbocycles. The Kier molecular flexibility index (Phi) is 2.81.